The van der Waals surface area contributed by atoms with Crippen molar-refractivity contribution >= 4 is 17.4 Å². The molecule has 0 atom stereocenters. The van der Waals surface area contributed by atoms with Crippen LogP contribution in [0.5, 0.6) is 0 Å². The number of aryl methyl sites for hydroxylation is 1. The quantitative estimate of drug-likeness (QED) is 0.371. The van der Waals surface area contributed by atoms with Crippen LogP contribution in [0.3, 0.4) is 0 Å². The molecule has 0 saturated heterocycles. The van der Waals surface area contributed by atoms with Crippen molar-refractivity contribution in [3.63, 3.8) is 0 Å². The molecule has 0 radical (unpaired) electrons. The van der Waals surface area contributed by atoms with Crippen molar-refractivity contribution in [3.8, 4) is 11.4 Å². The third-order valence-electron chi connectivity index (χ3n) is 4.34. The first-order valence-corrected chi connectivity index (χ1v) is 9.86. The summed E-state index contributed by atoms with van der Waals surface area (Å²) in [6.07, 6.45) is 1.82. The molecule has 3 heterocycles. The van der Waals surface area contributed by atoms with E-state index in [1.54, 1.807) is 10.5 Å². The molecule has 0 N–H and O–H groups in total. The van der Waals surface area contributed by atoms with Crippen molar-refractivity contribution in [1.29, 1.82) is 0 Å². The number of allylic oxidation sites excluding steroid dienone is 1. The van der Waals surface area contributed by atoms with Gasteiger partial charge in [0.2, 0.25) is 0 Å². The summed E-state index contributed by atoms with van der Waals surface area (Å²) >= 11 is 1.51. The summed E-state index contributed by atoms with van der Waals surface area (Å²) in [5.41, 5.74) is 3.17. The first kappa shape index (κ1) is 18.2. The average Bonchev–Trinajstić information content (AvgIpc) is 3.10. The second kappa shape index (κ2) is 7.82. The van der Waals surface area contributed by atoms with Gasteiger partial charge in [-0.25, -0.2) is 4.98 Å². The van der Waals surface area contributed by atoms with Gasteiger partial charge >= 0.3 is 0 Å². The van der Waals surface area contributed by atoms with E-state index in [1.807, 2.05) is 66.1 Å². The Balaban J connectivity index is 1.64. The maximum Gasteiger partial charge on any atom is 0.258 e. The van der Waals surface area contributed by atoms with E-state index < -0.39 is 0 Å². The Hall–Kier alpha value is -3.19. The monoisotopic (exact) mass is 389 g/mol. The van der Waals surface area contributed by atoms with E-state index in [4.69, 9.17) is 0 Å². The Kier molecular flexibility index (Phi) is 5.08. The molecule has 0 saturated carbocycles. The summed E-state index contributed by atoms with van der Waals surface area (Å²) in [5, 5.41) is 9.47. The molecule has 0 bridgehead atoms. The number of rotatable bonds is 6. The summed E-state index contributed by atoms with van der Waals surface area (Å²) < 4.78 is 3.63. The molecule has 0 aliphatic carbocycles. The highest BCUT2D eigenvalue weighted by molar-refractivity contribution is 7.98. The predicted octanol–water partition coefficient (Wildman–Crippen LogP) is 3.74. The van der Waals surface area contributed by atoms with Gasteiger partial charge in [-0.2, -0.15) is 0 Å². The first-order valence-electron chi connectivity index (χ1n) is 8.88. The third-order valence-corrected chi connectivity index (χ3v) is 5.34. The Bertz CT molecular complexity index is 1200. The minimum atomic E-state index is -0.0729. The van der Waals surface area contributed by atoms with Gasteiger partial charge in [0, 0.05) is 29.6 Å². The fourth-order valence-corrected chi connectivity index (χ4v) is 3.91. The van der Waals surface area contributed by atoms with E-state index in [1.165, 1.54) is 11.8 Å². The van der Waals surface area contributed by atoms with E-state index >= 15 is 0 Å². The van der Waals surface area contributed by atoms with Gasteiger partial charge in [-0.05, 0) is 19.1 Å². The highest BCUT2D eigenvalue weighted by Gasteiger charge is 2.14. The molecule has 28 heavy (non-hydrogen) atoms. The smallest absolute Gasteiger partial charge is 0.258 e. The fraction of sp³-hybridized carbons (Fsp3) is 0.143. The molecule has 6 nitrogen and oxygen atoms in total. The van der Waals surface area contributed by atoms with Crippen LogP contribution in [0.1, 0.15) is 11.4 Å². The Morgan fingerprint density at radius 3 is 2.71 bits per heavy atom. The lowest BCUT2D eigenvalue weighted by Crippen LogP contribution is -2.17. The van der Waals surface area contributed by atoms with E-state index in [9.17, 15) is 4.79 Å². The van der Waals surface area contributed by atoms with E-state index in [2.05, 4.69) is 21.8 Å². The van der Waals surface area contributed by atoms with E-state index in [-0.39, 0.29) is 5.56 Å². The average molecular weight is 389 g/mol. The molecule has 3 aromatic heterocycles. The van der Waals surface area contributed by atoms with Gasteiger partial charge in [0.05, 0.1) is 5.69 Å². The Morgan fingerprint density at radius 1 is 1.11 bits per heavy atom. The second-order valence-corrected chi connectivity index (χ2v) is 7.25. The van der Waals surface area contributed by atoms with Gasteiger partial charge in [0.25, 0.3) is 5.56 Å². The number of pyridine rings is 1. The summed E-state index contributed by atoms with van der Waals surface area (Å²) in [7, 11) is 0. The van der Waals surface area contributed by atoms with Crippen molar-refractivity contribution < 1.29 is 0 Å². The molecule has 0 fully saturated rings. The highest BCUT2D eigenvalue weighted by Crippen LogP contribution is 2.26. The number of nitrogens with zero attached hydrogens (tertiary/aromatic N) is 5. The van der Waals surface area contributed by atoms with Crippen LogP contribution in [0.4, 0.5) is 0 Å². The minimum Gasteiger partial charge on any atom is -0.298 e. The molecule has 4 aromatic rings. The lowest BCUT2D eigenvalue weighted by atomic mass is 10.2. The van der Waals surface area contributed by atoms with Gasteiger partial charge in [-0.3, -0.25) is 13.8 Å². The van der Waals surface area contributed by atoms with Crippen molar-refractivity contribution in [2.75, 3.05) is 0 Å². The normalized spacial score (nSPS) is 11.0. The van der Waals surface area contributed by atoms with Crippen LogP contribution in [0.2, 0.25) is 0 Å². The molecule has 0 aliphatic rings. The highest BCUT2D eigenvalue weighted by atomic mass is 32.2. The maximum atomic E-state index is 12.5. The van der Waals surface area contributed by atoms with E-state index in [0.29, 0.717) is 17.9 Å². The van der Waals surface area contributed by atoms with Crippen LogP contribution in [0.25, 0.3) is 17.0 Å². The van der Waals surface area contributed by atoms with E-state index in [0.717, 1.165) is 27.9 Å². The zero-order valence-corrected chi connectivity index (χ0v) is 16.3. The summed E-state index contributed by atoms with van der Waals surface area (Å²) in [6.45, 7) is 6.34. The standard InChI is InChI=1S/C21H19N5OS/c1-3-12-25-20(16-9-5-4-6-10-16)23-24-21(25)28-14-17-13-19(27)26-15(2)8-7-11-18(26)22-17/h3-11,13H,1,12,14H2,2H3. The number of hydrogen-bond acceptors (Lipinski definition) is 5. The number of thioether (sulfide) groups is 1. The van der Waals surface area contributed by atoms with Crippen LogP contribution in [0.15, 0.2) is 77.2 Å². The van der Waals surface area contributed by atoms with Gasteiger partial charge in [-0.15, -0.1) is 16.8 Å². The molecule has 1 aromatic carbocycles. The van der Waals surface area contributed by atoms with Gasteiger partial charge in [0.1, 0.15) is 5.65 Å². The summed E-state index contributed by atoms with van der Waals surface area (Å²) in [6, 6.07) is 17.2. The molecule has 140 valence electrons. The lowest BCUT2D eigenvalue weighted by Gasteiger charge is -2.08. The predicted molar refractivity (Wildman–Crippen MR) is 111 cm³/mol. The van der Waals surface area contributed by atoms with Crippen molar-refractivity contribution in [2.24, 2.45) is 0 Å². The number of aromatic nitrogens is 5. The van der Waals surface area contributed by atoms with Gasteiger partial charge in [0.15, 0.2) is 11.0 Å². The first-order chi connectivity index (χ1) is 13.7. The molecule has 0 aliphatic heterocycles. The molecule has 7 heteroatoms. The van der Waals surface area contributed by atoms with Crippen LogP contribution in [-0.2, 0) is 12.3 Å². The number of hydrogen-bond donors (Lipinski definition) is 0. The number of fused-ring (bicyclic) bond motifs is 1. The van der Waals surface area contributed by atoms with Crippen molar-refractivity contribution in [3.05, 3.63) is 89.0 Å². The van der Waals surface area contributed by atoms with Crippen molar-refractivity contribution in [1.82, 2.24) is 24.1 Å². The second-order valence-electron chi connectivity index (χ2n) is 6.31. The Labute approximate surface area is 166 Å². The van der Waals surface area contributed by atoms with Crippen molar-refractivity contribution in [2.45, 2.75) is 24.4 Å². The molecule has 0 unspecified atom stereocenters. The topological polar surface area (TPSA) is 65.1 Å². The third kappa shape index (κ3) is 3.48. The van der Waals surface area contributed by atoms with Crippen LogP contribution in [-0.4, -0.2) is 24.1 Å². The molecule has 0 spiro atoms. The molecular formula is C21H19N5OS. The van der Waals surface area contributed by atoms with Crippen LogP contribution < -0.4 is 5.56 Å². The van der Waals surface area contributed by atoms with Gasteiger partial charge in [-0.1, -0.05) is 54.2 Å². The van der Waals surface area contributed by atoms with Gasteiger partial charge < -0.3 is 0 Å². The number of benzene rings is 1. The minimum absolute atomic E-state index is 0.0729. The largest absolute Gasteiger partial charge is 0.298 e. The Morgan fingerprint density at radius 2 is 1.93 bits per heavy atom. The fourth-order valence-electron chi connectivity index (χ4n) is 3.07. The SMILES string of the molecule is C=CCn1c(SCc2cc(=O)n3c(C)cccc3n2)nnc1-c1ccccc1. The molecular weight excluding hydrogens is 370 g/mol. The summed E-state index contributed by atoms with van der Waals surface area (Å²) in [4.78, 5) is 17.1. The zero-order valence-electron chi connectivity index (χ0n) is 15.4. The van der Waals surface area contributed by atoms with Crippen LogP contribution >= 0.6 is 11.8 Å². The maximum absolute atomic E-state index is 12.5. The van der Waals surface area contributed by atoms with Crippen LogP contribution in [0, 0.1) is 6.92 Å². The lowest BCUT2D eigenvalue weighted by molar-refractivity contribution is 0.731. The molecule has 4 rings (SSSR count). The zero-order chi connectivity index (χ0) is 19.5. The molecule has 0 amide bonds. The summed E-state index contributed by atoms with van der Waals surface area (Å²) in [5.74, 6) is 1.33.